The molecule has 3 aromatic heterocycles. The average Bonchev–Trinajstić information content (AvgIpc) is 3.29. The van der Waals surface area contributed by atoms with Gasteiger partial charge in [-0.15, -0.1) is 11.3 Å². The molecule has 0 bridgehead atoms. The number of benzene rings is 1. The summed E-state index contributed by atoms with van der Waals surface area (Å²) in [5.41, 5.74) is 9.41. The number of carbonyl (C=O) groups is 1. The van der Waals surface area contributed by atoms with Gasteiger partial charge in [0.2, 0.25) is 0 Å². The van der Waals surface area contributed by atoms with E-state index in [0.717, 1.165) is 16.3 Å². The number of carbonyl (C=O) groups excluding carboxylic acids is 1. The fourth-order valence-electron chi connectivity index (χ4n) is 2.77. The van der Waals surface area contributed by atoms with Crippen molar-refractivity contribution in [1.29, 1.82) is 0 Å². The van der Waals surface area contributed by atoms with Gasteiger partial charge in [-0.1, -0.05) is 12.1 Å². The van der Waals surface area contributed by atoms with E-state index < -0.39 is 0 Å². The first-order chi connectivity index (χ1) is 13.1. The second-order valence-electron chi connectivity index (χ2n) is 5.96. The molecule has 3 heterocycles. The first kappa shape index (κ1) is 17.1. The third-order valence-electron chi connectivity index (χ3n) is 4.11. The topological polar surface area (TPSA) is 112 Å². The van der Waals surface area contributed by atoms with Crippen LogP contribution in [0.25, 0.3) is 22.4 Å². The summed E-state index contributed by atoms with van der Waals surface area (Å²) in [5.74, 6) is 0.208. The van der Waals surface area contributed by atoms with Gasteiger partial charge in [0.15, 0.2) is 11.5 Å². The van der Waals surface area contributed by atoms with Crippen LogP contribution < -0.4 is 11.1 Å². The average molecular weight is 379 g/mol. The Morgan fingerprint density at radius 3 is 3.00 bits per heavy atom. The quantitative estimate of drug-likeness (QED) is 0.550. The standard InChI is InChI=1S/C18H17N7OS/c1-11-24-14(8-27-11)12-3-2-4-13(7-12)18(26)20-5-6-25-10-23-15-16(19)21-9-22-17(15)25/h2-4,7-10H,5-6H2,1H3,(H,20,26)(H2,19,21,22). The van der Waals surface area contributed by atoms with Gasteiger partial charge < -0.3 is 15.6 Å². The van der Waals surface area contributed by atoms with Crippen LogP contribution in [-0.4, -0.2) is 37.0 Å². The van der Waals surface area contributed by atoms with Crippen molar-refractivity contribution in [2.45, 2.75) is 13.5 Å². The lowest BCUT2D eigenvalue weighted by atomic mass is 10.1. The molecule has 3 N–H and O–H groups in total. The zero-order chi connectivity index (χ0) is 18.8. The number of nitrogens with zero attached hydrogens (tertiary/aromatic N) is 5. The third-order valence-corrected chi connectivity index (χ3v) is 4.88. The van der Waals surface area contributed by atoms with Gasteiger partial charge in [-0.3, -0.25) is 4.79 Å². The van der Waals surface area contributed by atoms with E-state index in [-0.39, 0.29) is 5.91 Å². The van der Waals surface area contributed by atoms with E-state index in [1.807, 2.05) is 35.1 Å². The summed E-state index contributed by atoms with van der Waals surface area (Å²) in [7, 11) is 0. The molecule has 0 saturated heterocycles. The maximum atomic E-state index is 12.5. The van der Waals surface area contributed by atoms with Crippen molar-refractivity contribution < 1.29 is 4.79 Å². The number of hydrogen-bond donors (Lipinski definition) is 2. The van der Waals surface area contributed by atoms with Gasteiger partial charge in [0.1, 0.15) is 11.8 Å². The third kappa shape index (κ3) is 3.49. The van der Waals surface area contributed by atoms with Crippen molar-refractivity contribution in [1.82, 2.24) is 29.8 Å². The number of imidazole rings is 1. The molecule has 4 rings (SSSR count). The molecule has 1 aromatic carbocycles. The fourth-order valence-corrected chi connectivity index (χ4v) is 3.39. The summed E-state index contributed by atoms with van der Waals surface area (Å²) in [6.07, 6.45) is 3.05. The van der Waals surface area contributed by atoms with Gasteiger partial charge in [-0.25, -0.2) is 19.9 Å². The minimum absolute atomic E-state index is 0.137. The molecular weight excluding hydrogens is 362 g/mol. The number of hydrogen-bond acceptors (Lipinski definition) is 7. The molecule has 27 heavy (non-hydrogen) atoms. The Balaban J connectivity index is 1.43. The van der Waals surface area contributed by atoms with Crippen LogP contribution in [0.3, 0.4) is 0 Å². The van der Waals surface area contributed by atoms with Crippen LogP contribution in [0.15, 0.2) is 42.3 Å². The Labute approximate surface area is 159 Å². The first-order valence-electron chi connectivity index (χ1n) is 8.34. The molecule has 9 heteroatoms. The van der Waals surface area contributed by atoms with E-state index in [0.29, 0.717) is 35.6 Å². The monoisotopic (exact) mass is 379 g/mol. The molecule has 0 spiro atoms. The molecule has 0 aliphatic heterocycles. The molecular formula is C18H17N7OS. The molecule has 0 aliphatic carbocycles. The highest BCUT2D eigenvalue weighted by Crippen LogP contribution is 2.22. The molecule has 0 unspecified atom stereocenters. The summed E-state index contributed by atoms with van der Waals surface area (Å²) < 4.78 is 1.84. The van der Waals surface area contributed by atoms with Crippen molar-refractivity contribution in [3.05, 3.63) is 52.9 Å². The number of aromatic nitrogens is 5. The number of thiazole rings is 1. The molecule has 136 valence electrons. The molecule has 0 atom stereocenters. The summed E-state index contributed by atoms with van der Waals surface area (Å²) in [6, 6.07) is 7.46. The van der Waals surface area contributed by atoms with Gasteiger partial charge in [0.05, 0.1) is 17.0 Å². The van der Waals surface area contributed by atoms with Crippen molar-refractivity contribution in [2.75, 3.05) is 12.3 Å². The Morgan fingerprint density at radius 1 is 1.30 bits per heavy atom. The van der Waals surface area contributed by atoms with E-state index in [1.54, 1.807) is 23.7 Å². The minimum Gasteiger partial charge on any atom is -0.382 e. The zero-order valence-electron chi connectivity index (χ0n) is 14.6. The number of amides is 1. The number of aryl methyl sites for hydroxylation is 1. The number of nitrogens with one attached hydrogen (secondary N) is 1. The van der Waals surface area contributed by atoms with Crippen LogP contribution in [-0.2, 0) is 6.54 Å². The number of anilines is 1. The highest BCUT2D eigenvalue weighted by molar-refractivity contribution is 7.09. The maximum absolute atomic E-state index is 12.5. The Kier molecular flexibility index (Phi) is 4.51. The van der Waals surface area contributed by atoms with Gasteiger partial charge >= 0.3 is 0 Å². The second-order valence-corrected chi connectivity index (χ2v) is 7.02. The van der Waals surface area contributed by atoms with Crippen molar-refractivity contribution in [3.63, 3.8) is 0 Å². The van der Waals surface area contributed by atoms with Crippen LogP contribution in [0.1, 0.15) is 15.4 Å². The summed E-state index contributed by atoms with van der Waals surface area (Å²) in [4.78, 5) is 29.3. The lowest BCUT2D eigenvalue weighted by Crippen LogP contribution is -2.27. The van der Waals surface area contributed by atoms with Gasteiger partial charge in [-0.2, -0.15) is 0 Å². The molecule has 0 radical (unpaired) electrons. The number of nitrogen functional groups attached to an aromatic ring is 1. The molecule has 8 nitrogen and oxygen atoms in total. The molecule has 0 fully saturated rings. The van der Waals surface area contributed by atoms with Crippen LogP contribution in [0.5, 0.6) is 0 Å². The smallest absolute Gasteiger partial charge is 0.251 e. The van der Waals surface area contributed by atoms with Gasteiger partial charge in [0.25, 0.3) is 5.91 Å². The lowest BCUT2D eigenvalue weighted by molar-refractivity contribution is 0.0952. The highest BCUT2D eigenvalue weighted by Gasteiger charge is 2.10. The van der Waals surface area contributed by atoms with Crippen molar-refractivity contribution in [3.8, 4) is 11.3 Å². The van der Waals surface area contributed by atoms with E-state index >= 15 is 0 Å². The lowest BCUT2D eigenvalue weighted by Gasteiger charge is -2.07. The maximum Gasteiger partial charge on any atom is 0.251 e. The van der Waals surface area contributed by atoms with Gasteiger partial charge in [0, 0.05) is 29.6 Å². The van der Waals surface area contributed by atoms with E-state index in [2.05, 4.69) is 25.3 Å². The largest absolute Gasteiger partial charge is 0.382 e. The van der Waals surface area contributed by atoms with Crippen molar-refractivity contribution in [2.24, 2.45) is 0 Å². The normalized spacial score (nSPS) is 11.0. The molecule has 0 aliphatic rings. The molecule has 4 aromatic rings. The van der Waals surface area contributed by atoms with Crippen LogP contribution in [0, 0.1) is 6.92 Å². The van der Waals surface area contributed by atoms with Crippen molar-refractivity contribution >= 4 is 34.2 Å². The number of fused-ring (bicyclic) bond motifs is 1. The second kappa shape index (κ2) is 7.12. The summed E-state index contributed by atoms with van der Waals surface area (Å²) in [5, 5.41) is 5.91. The van der Waals surface area contributed by atoms with E-state index in [9.17, 15) is 4.79 Å². The van der Waals surface area contributed by atoms with Crippen LogP contribution >= 0.6 is 11.3 Å². The number of rotatable bonds is 5. The summed E-state index contributed by atoms with van der Waals surface area (Å²) in [6.45, 7) is 2.93. The number of nitrogens with two attached hydrogens (primary N) is 1. The fraction of sp³-hybridized carbons (Fsp3) is 0.167. The Hall–Kier alpha value is -3.33. The van der Waals surface area contributed by atoms with E-state index in [1.165, 1.54) is 6.33 Å². The highest BCUT2D eigenvalue weighted by atomic mass is 32.1. The Bertz CT molecular complexity index is 1120. The van der Waals surface area contributed by atoms with E-state index in [4.69, 9.17) is 5.73 Å². The first-order valence-corrected chi connectivity index (χ1v) is 9.22. The van der Waals surface area contributed by atoms with Crippen LogP contribution in [0.2, 0.25) is 0 Å². The summed E-state index contributed by atoms with van der Waals surface area (Å²) >= 11 is 1.59. The van der Waals surface area contributed by atoms with Crippen LogP contribution in [0.4, 0.5) is 5.82 Å². The minimum atomic E-state index is -0.137. The predicted octanol–water partition coefficient (Wildman–Crippen LogP) is 2.27. The Morgan fingerprint density at radius 2 is 2.19 bits per heavy atom. The molecule has 1 amide bonds. The molecule has 0 saturated carbocycles. The zero-order valence-corrected chi connectivity index (χ0v) is 15.4. The van der Waals surface area contributed by atoms with Gasteiger partial charge in [-0.05, 0) is 19.1 Å². The predicted molar refractivity (Wildman–Crippen MR) is 104 cm³/mol. The SMILES string of the molecule is Cc1nc(-c2cccc(C(=O)NCCn3cnc4c(N)ncnc43)c2)cs1.